The molecule has 0 bridgehead atoms. The number of aryl methyl sites for hydroxylation is 1. The monoisotopic (exact) mass is 353 g/mol. The van der Waals surface area contributed by atoms with Crippen molar-refractivity contribution in [1.29, 1.82) is 0 Å². The van der Waals surface area contributed by atoms with Gasteiger partial charge in [-0.05, 0) is 36.6 Å². The topological polar surface area (TPSA) is 57.0 Å². The fourth-order valence-corrected chi connectivity index (χ4v) is 3.75. The van der Waals surface area contributed by atoms with Gasteiger partial charge in [0.05, 0.1) is 12.8 Å². The van der Waals surface area contributed by atoms with Crippen molar-refractivity contribution in [1.82, 2.24) is 9.80 Å². The first-order valence-corrected chi connectivity index (χ1v) is 9.16. The van der Waals surface area contributed by atoms with Gasteiger partial charge in [0.1, 0.15) is 0 Å². The van der Waals surface area contributed by atoms with Crippen LogP contribution in [0.5, 0.6) is 0 Å². The molecule has 0 radical (unpaired) electrons. The molecule has 6 nitrogen and oxygen atoms in total. The highest BCUT2D eigenvalue weighted by molar-refractivity contribution is 5.91. The molecule has 26 heavy (non-hydrogen) atoms. The van der Waals surface area contributed by atoms with Crippen LogP contribution in [0.15, 0.2) is 47.1 Å². The molecule has 2 aromatic rings. The van der Waals surface area contributed by atoms with Crippen LogP contribution in [0.2, 0.25) is 0 Å². The third-order valence-electron chi connectivity index (χ3n) is 5.18. The van der Waals surface area contributed by atoms with Gasteiger partial charge in [-0.3, -0.25) is 9.59 Å². The Hall–Kier alpha value is -2.76. The number of para-hydroxylation sites is 1. The second kappa shape index (κ2) is 7.23. The Labute approximate surface area is 153 Å². The van der Waals surface area contributed by atoms with Crippen LogP contribution in [0.1, 0.15) is 22.5 Å². The van der Waals surface area contributed by atoms with Gasteiger partial charge in [-0.25, -0.2) is 0 Å². The number of amides is 2. The molecule has 2 aliphatic rings. The molecule has 2 amide bonds. The minimum absolute atomic E-state index is 0.105. The van der Waals surface area contributed by atoms with Gasteiger partial charge in [0.2, 0.25) is 5.91 Å². The summed E-state index contributed by atoms with van der Waals surface area (Å²) in [5, 5.41) is 0. The van der Waals surface area contributed by atoms with Gasteiger partial charge in [0.15, 0.2) is 5.76 Å². The van der Waals surface area contributed by atoms with E-state index in [1.807, 2.05) is 11.0 Å². The number of benzene rings is 1. The van der Waals surface area contributed by atoms with Crippen LogP contribution in [0.4, 0.5) is 5.69 Å². The van der Waals surface area contributed by atoms with Gasteiger partial charge in [0.25, 0.3) is 5.91 Å². The van der Waals surface area contributed by atoms with E-state index in [0.29, 0.717) is 38.5 Å². The number of carbonyl (C=O) groups excluding carboxylic acids is 2. The average molecular weight is 353 g/mol. The van der Waals surface area contributed by atoms with E-state index in [1.165, 1.54) is 17.5 Å². The predicted molar refractivity (Wildman–Crippen MR) is 98.2 cm³/mol. The van der Waals surface area contributed by atoms with E-state index < -0.39 is 0 Å². The third kappa shape index (κ3) is 3.31. The second-order valence-corrected chi connectivity index (χ2v) is 6.80. The SMILES string of the molecule is O=C(CN1CCCc2ccccc21)N1CCN(C(=O)c2ccco2)CC1. The van der Waals surface area contributed by atoms with Crippen LogP contribution in [-0.4, -0.2) is 60.9 Å². The van der Waals surface area contributed by atoms with E-state index >= 15 is 0 Å². The van der Waals surface area contributed by atoms with Crippen molar-refractivity contribution < 1.29 is 14.0 Å². The van der Waals surface area contributed by atoms with E-state index in [2.05, 4.69) is 23.1 Å². The Kier molecular flexibility index (Phi) is 4.65. The highest BCUT2D eigenvalue weighted by Crippen LogP contribution is 2.26. The molecule has 136 valence electrons. The maximum absolute atomic E-state index is 12.7. The lowest BCUT2D eigenvalue weighted by Crippen LogP contribution is -2.53. The summed E-state index contributed by atoms with van der Waals surface area (Å²) in [4.78, 5) is 30.9. The highest BCUT2D eigenvalue weighted by atomic mass is 16.3. The van der Waals surface area contributed by atoms with Gasteiger partial charge in [-0.1, -0.05) is 18.2 Å². The summed E-state index contributed by atoms with van der Waals surface area (Å²) in [7, 11) is 0. The number of anilines is 1. The first-order chi connectivity index (χ1) is 12.7. The Bertz CT molecular complexity index is 779. The minimum Gasteiger partial charge on any atom is -0.459 e. The summed E-state index contributed by atoms with van der Waals surface area (Å²) < 4.78 is 5.18. The fourth-order valence-electron chi connectivity index (χ4n) is 3.75. The van der Waals surface area contributed by atoms with Crippen LogP contribution in [0.25, 0.3) is 0 Å². The zero-order valence-corrected chi connectivity index (χ0v) is 14.8. The summed E-state index contributed by atoms with van der Waals surface area (Å²) >= 11 is 0. The standard InChI is InChI=1S/C20H23N3O3/c24-19(15-23-9-3-6-16-5-1-2-7-17(16)23)21-10-12-22(13-11-21)20(25)18-8-4-14-26-18/h1-2,4-5,7-8,14H,3,6,9-13,15H2. The van der Waals surface area contributed by atoms with E-state index in [0.717, 1.165) is 19.4 Å². The Morgan fingerprint density at radius 2 is 1.69 bits per heavy atom. The number of piperazine rings is 1. The molecule has 1 aromatic heterocycles. The number of hydrogen-bond donors (Lipinski definition) is 0. The normalized spacial score (nSPS) is 17.2. The molecular weight excluding hydrogens is 330 g/mol. The van der Waals surface area contributed by atoms with E-state index in [1.54, 1.807) is 17.0 Å². The maximum Gasteiger partial charge on any atom is 0.289 e. The lowest BCUT2D eigenvalue weighted by atomic mass is 10.0. The van der Waals surface area contributed by atoms with Crippen molar-refractivity contribution in [2.45, 2.75) is 12.8 Å². The van der Waals surface area contributed by atoms with Gasteiger partial charge in [0, 0.05) is 38.4 Å². The minimum atomic E-state index is -0.105. The van der Waals surface area contributed by atoms with Crippen LogP contribution in [0, 0.1) is 0 Å². The molecular formula is C20H23N3O3. The summed E-state index contributed by atoms with van der Waals surface area (Å²) in [6.07, 6.45) is 3.66. The molecule has 1 saturated heterocycles. The quantitative estimate of drug-likeness (QED) is 0.847. The molecule has 1 fully saturated rings. The van der Waals surface area contributed by atoms with Gasteiger partial charge < -0.3 is 19.1 Å². The van der Waals surface area contributed by atoms with Crippen molar-refractivity contribution in [3.05, 3.63) is 54.0 Å². The largest absolute Gasteiger partial charge is 0.459 e. The Morgan fingerprint density at radius 1 is 0.923 bits per heavy atom. The zero-order chi connectivity index (χ0) is 17.9. The Morgan fingerprint density at radius 3 is 2.46 bits per heavy atom. The van der Waals surface area contributed by atoms with Crippen molar-refractivity contribution in [3.63, 3.8) is 0 Å². The molecule has 0 atom stereocenters. The maximum atomic E-state index is 12.7. The number of furan rings is 1. The lowest BCUT2D eigenvalue weighted by molar-refractivity contribution is -0.131. The van der Waals surface area contributed by atoms with E-state index in [9.17, 15) is 9.59 Å². The number of rotatable bonds is 3. The van der Waals surface area contributed by atoms with Crippen molar-refractivity contribution in [2.75, 3.05) is 44.2 Å². The average Bonchev–Trinajstić information content (AvgIpc) is 3.23. The highest BCUT2D eigenvalue weighted by Gasteiger charge is 2.27. The van der Waals surface area contributed by atoms with E-state index in [4.69, 9.17) is 4.42 Å². The van der Waals surface area contributed by atoms with E-state index in [-0.39, 0.29) is 11.8 Å². The zero-order valence-electron chi connectivity index (χ0n) is 14.8. The van der Waals surface area contributed by atoms with Crippen molar-refractivity contribution in [3.8, 4) is 0 Å². The van der Waals surface area contributed by atoms with Gasteiger partial charge in [-0.15, -0.1) is 0 Å². The van der Waals surface area contributed by atoms with Crippen molar-refractivity contribution in [2.24, 2.45) is 0 Å². The van der Waals surface area contributed by atoms with Crippen LogP contribution in [-0.2, 0) is 11.2 Å². The first-order valence-electron chi connectivity index (χ1n) is 9.16. The molecule has 0 unspecified atom stereocenters. The molecule has 0 aliphatic carbocycles. The molecule has 0 N–H and O–H groups in total. The molecule has 4 rings (SSSR count). The van der Waals surface area contributed by atoms with Gasteiger partial charge >= 0.3 is 0 Å². The summed E-state index contributed by atoms with van der Waals surface area (Å²) in [6.45, 7) is 3.55. The summed E-state index contributed by atoms with van der Waals surface area (Å²) in [5.74, 6) is 0.383. The van der Waals surface area contributed by atoms with Gasteiger partial charge in [-0.2, -0.15) is 0 Å². The summed E-state index contributed by atoms with van der Waals surface area (Å²) in [5.41, 5.74) is 2.50. The number of nitrogens with zero attached hydrogens (tertiary/aromatic N) is 3. The van der Waals surface area contributed by atoms with Crippen molar-refractivity contribution >= 4 is 17.5 Å². The molecule has 2 aliphatic heterocycles. The molecule has 1 aromatic carbocycles. The van der Waals surface area contributed by atoms with Crippen LogP contribution >= 0.6 is 0 Å². The molecule has 6 heteroatoms. The Balaban J connectivity index is 1.34. The summed E-state index contributed by atoms with van der Waals surface area (Å²) in [6, 6.07) is 11.7. The third-order valence-corrected chi connectivity index (χ3v) is 5.18. The lowest BCUT2D eigenvalue weighted by Gasteiger charge is -2.37. The molecule has 3 heterocycles. The number of carbonyl (C=O) groups is 2. The number of fused-ring (bicyclic) bond motifs is 1. The predicted octanol–water partition coefficient (Wildman–Crippen LogP) is 2.02. The first kappa shape index (κ1) is 16.7. The fraction of sp³-hybridized carbons (Fsp3) is 0.400. The molecule has 0 spiro atoms. The number of hydrogen-bond acceptors (Lipinski definition) is 4. The van der Waals surface area contributed by atoms with Crippen LogP contribution in [0.3, 0.4) is 0 Å². The molecule has 0 saturated carbocycles. The van der Waals surface area contributed by atoms with Crippen LogP contribution < -0.4 is 4.90 Å². The smallest absolute Gasteiger partial charge is 0.289 e. The second-order valence-electron chi connectivity index (χ2n) is 6.80.